The lowest BCUT2D eigenvalue weighted by Gasteiger charge is -2.24. The summed E-state index contributed by atoms with van der Waals surface area (Å²) < 4.78 is 5.51. The van der Waals surface area contributed by atoms with Crippen molar-refractivity contribution in [1.29, 1.82) is 0 Å². The van der Waals surface area contributed by atoms with Crippen LogP contribution in [0.3, 0.4) is 0 Å². The fourth-order valence-corrected chi connectivity index (χ4v) is 1.99. The zero-order valence-electron chi connectivity index (χ0n) is 12.3. The molecule has 1 N–H and O–H groups in total. The van der Waals surface area contributed by atoms with Crippen LogP contribution in [0, 0.1) is 0 Å². The molecule has 0 spiro atoms. The largest absolute Gasteiger partial charge is 0.495 e. The topological polar surface area (TPSA) is 24.5 Å². The number of nitrogens with one attached hydrogen (secondary N) is 1. The van der Waals surface area contributed by atoms with Crippen LogP contribution in [0.4, 0.5) is 5.69 Å². The van der Waals surface area contributed by atoms with E-state index >= 15 is 0 Å². The number of ether oxygens (including phenoxy) is 1. The van der Waals surface area contributed by atoms with Crippen molar-refractivity contribution in [2.24, 2.45) is 0 Å². The summed E-state index contributed by atoms with van der Waals surface area (Å²) in [6.07, 6.45) is 5.60. The van der Waals surface area contributed by atoms with Crippen molar-refractivity contribution in [3.8, 4) is 5.75 Å². The van der Waals surface area contributed by atoms with Crippen LogP contribution in [-0.2, 0) is 6.54 Å². The first-order chi connectivity index (χ1) is 9.76. The molecule has 20 heavy (non-hydrogen) atoms. The second-order valence-corrected chi connectivity index (χ2v) is 4.41. The quantitative estimate of drug-likeness (QED) is 0.523. The van der Waals surface area contributed by atoms with Crippen molar-refractivity contribution < 1.29 is 4.74 Å². The van der Waals surface area contributed by atoms with Gasteiger partial charge in [0.1, 0.15) is 5.75 Å². The van der Waals surface area contributed by atoms with Gasteiger partial charge in [0, 0.05) is 26.2 Å². The minimum absolute atomic E-state index is 0.760. The first-order valence-corrected chi connectivity index (χ1v) is 6.72. The van der Waals surface area contributed by atoms with Crippen LogP contribution < -0.4 is 15.0 Å². The van der Waals surface area contributed by atoms with Crippen molar-refractivity contribution in [3.05, 3.63) is 61.7 Å². The maximum Gasteiger partial charge on any atom is 0.142 e. The molecule has 0 fully saturated rings. The number of benzene rings is 1. The standard InChI is InChI=1S/C17H24N2O/c1-5-10-18-14-15-8-9-16(17(13-15)20-4)19(11-6-2)12-7-3/h5-9,13,18H,1-3,10-12,14H2,4H3. The fraction of sp³-hybridized carbons (Fsp3) is 0.294. The predicted molar refractivity (Wildman–Crippen MR) is 87.5 cm³/mol. The number of rotatable bonds is 10. The molecular weight excluding hydrogens is 248 g/mol. The van der Waals surface area contributed by atoms with E-state index in [1.807, 2.05) is 18.2 Å². The lowest BCUT2D eigenvalue weighted by Crippen LogP contribution is -2.23. The lowest BCUT2D eigenvalue weighted by molar-refractivity contribution is 0.414. The molecule has 3 heteroatoms. The number of nitrogens with zero attached hydrogens (tertiary/aromatic N) is 1. The van der Waals surface area contributed by atoms with E-state index in [1.165, 1.54) is 5.56 Å². The Bertz CT molecular complexity index is 444. The van der Waals surface area contributed by atoms with Gasteiger partial charge in [0.05, 0.1) is 12.8 Å². The number of hydrogen-bond acceptors (Lipinski definition) is 3. The highest BCUT2D eigenvalue weighted by atomic mass is 16.5. The molecule has 1 rings (SSSR count). The normalized spacial score (nSPS) is 9.85. The van der Waals surface area contributed by atoms with E-state index in [4.69, 9.17) is 4.74 Å². The predicted octanol–water partition coefficient (Wildman–Crippen LogP) is 3.15. The fourth-order valence-electron chi connectivity index (χ4n) is 1.99. The molecular formula is C17H24N2O. The molecule has 108 valence electrons. The summed E-state index contributed by atoms with van der Waals surface area (Å²) in [6.45, 7) is 14.4. The lowest BCUT2D eigenvalue weighted by atomic mass is 10.1. The van der Waals surface area contributed by atoms with Crippen LogP contribution >= 0.6 is 0 Å². The van der Waals surface area contributed by atoms with Gasteiger partial charge in [-0.05, 0) is 17.7 Å². The first kappa shape index (κ1) is 16.1. The molecule has 0 aromatic heterocycles. The average Bonchev–Trinajstić information content (AvgIpc) is 2.47. The molecule has 0 radical (unpaired) electrons. The minimum Gasteiger partial charge on any atom is -0.495 e. The molecule has 0 bridgehead atoms. The molecule has 0 aliphatic rings. The third-order valence-corrected chi connectivity index (χ3v) is 2.90. The van der Waals surface area contributed by atoms with E-state index in [-0.39, 0.29) is 0 Å². The van der Waals surface area contributed by atoms with E-state index in [2.05, 4.69) is 48.2 Å². The molecule has 0 amide bonds. The second kappa shape index (κ2) is 8.99. The molecule has 1 aromatic carbocycles. The van der Waals surface area contributed by atoms with E-state index in [1.54, 1.807) is 7.11 Å². The highest BCUT2D eigenvalue weighted by Gasteiger charge is 2.10. The molecule has 0 atom stereocenters. The van der Waals surface area contributed by atoms with Crippen molar-refractivity contribution in [1.82, 2.24) is 5.32 Å². The number of anilines is 1. The number of methoxy groups -OCH3 is 1. The zero-order valence-corrected chi connectivity index (χ0v) is 12.3. The maximum absolute atomic E-state index is 5.51. The Hall–Kier alpha value is -2.00. The second-order valence-electron chi connectivity index (χ2n) is 4.41. The van der Waals surface area contributed by atoms with Gasteiger partial charge in [-0.15, -0.1) is 19.7 Å². The van der Waals surface area contributed by atoms with Gasteiger partial charge in [-0.25, -0.2) is 0 Å². The molecule has 1 aromatic rings. The van der Waals surface area contributed by atoms with Crippen LogP contribution in [0.2, 0.25) is 0 Å². The van der Waals surface area contributed by atoms with Crippen molar-refractivity contribution >= 4 is 5.69 Å². The SMILES string of the molecule is C=CCNCc1ccc(N(CC=C)CC=C)c(OC)c1. The van der Waals surface area contributed by atoms with Crippen molar-refractivity contribution in [3.63, 3.8) is 0 Å². The van der Waals surface area contributed by atoms with Gasteiger partial charge >= 0.3 is 0 Å². The Balaban J connectivity index is 2.92. The average molecular weight is 272 g/mol. The van der Waals surface area contributed by atoms with Crippen LogP contribution in [-0.4, -0.2) is 26.7 Å². The maximum atomic E-state index is 5.51. The monoisotopic (exact) mass is 272 g/mol. The Morgan fingerprint density at radius 3 is 2.40 bits per heavy atom. The highest BCUT2D eigenvalue weighted by Crippen LogP contribution is 2.29. The van der Waals surface area contributed by atoms with E-state index < -0.39 is 0 Å². The first-order valence-electron chi connectivity index (χ1n) is 6.72. The molecule has 0 saturated heterocycles. The molecule has 0 saturated carbocycles. The van der Waals surface area contributed by atoms with Gasteiger partial charge in [-0.3, -0.25) is 0 Å². The molecule has 0 aliphatic heterocycles. The number of hydrogen-bond donors (Lipinski definition) is 1. The summed E-state index contributed by atoms with van der Waals surface area (Å²) in [5, 5.41) is 3.28. The summed E-state index contributed by atoms with van der Waals surface area (Å²) in [5.74, 6) is 0.867. The summed E-state index contributed by atoms with van der Waals surface area (Å²) in [6, 6.07) is 6.24. The van der Waals surface area contributed by atoms with Crippen molar-refractivity contribution in [2.75, 3.05) is 31.6 Å². The Morgan fingerprint density at radius 1 is 1.15 bits per heavy atom. The third-order valence-electron chi connectivity index (χ3n) is 2.90. The summed E-state index contributed by atoms with van der Waals surface area (Å²) in [5.41, 5.74) is 2.24. The molecule has 0 unspecified atom stereocenters. The zero-order chi connectivity index (χ0) is 14.8. The highest BCUT2D eigenvalue weighted by molar-refractivity contribution is 5.60. The summed E-state index contributed by atoms with van der Waals surface area (Å²) in [7, 11) is 1.69. The molecule has 3 nitrogen and oxygen atoms in total. The van der Waals surface area contributed by atoms with E-state index in [0.717, 1.165) is 37.6 Å². The van der Waals surface area contributed by atoms with Gasteiger partial charge in [0.15, 0.2) is 0 Å². The van der Waals surface area contributed by atoms with Crippen LogP contribution in [0.15, 0.2) is 56.2 Å². The molecule has 0 aliphatic carbocycles. The molecule has 0 heterocycles. The van der Waals surface area contributed by atoms with Gasteiger partial charge in [0.25, 0.3) is 0 Å². The summed E-state index contributed by atoms with van der Waals surface area (Å²) in [4.78, 5) is 2.17. The van der Waals surface area contributed by atoms with Gasteiger partial charge in [0.2, 0.25) is 0 Å². The Kier molecular flexibility index (Phi) is 7.22. The minimum atomic E-state index is 0.760. The Morgan fingerprint density at radius 2 is 1.85 bits per heavy atom. The smallest absolute Gasteiger partial charge is 0.142 e. The van der Waals surface area contributed by atoms with E-state index in [9.17, 15) is 0 Å². The third kappa shape index (κ3) is 4.59. The van der Waals surface area contributed by atoms with Crippen LogP contribution in [0.1, 0.15) is 5.56 Å². The van der Waals surface area contributed by atoms with Crippen molar-refractivity contribution in [2.45, 2.75) is 6.54 Å². The van der Waals surface area contributed by atoms with Gasteiger partial charge in [-0.2, -0.15) is 0 Å². The van der Waals surface area contributed by atoms with Crippen LogP contribution in [0.25, 0.3) is 0 Å². The van der Waals surface area contributed by atoms with Crippen LogP contribution in [0.5, 0.6) is 5.75 Å². The van der Waals surface area contributed by atoms with E-state index in [0.29, 0.717) is 0 Å². The van der Waals surface area contributed by atoms with Gasteiger partial charge < -0.3 is 15.0 Å². The van der Waals surface area contributed by atoms with Gasteiger partial charge in [-0.1, -0.05) is 24.3 Å². The Labute approximate surface area is 122 Å². The summed E-state index contributed by atoms with van der Waals surface area (Å²) >= 11 is 0.